The third kappa shape index (κ3) is 4.69. The van der Waals surface area contributed by atoms with Crippen molar-refractivity contribution >= 4 is 11.6 Å². The number of nitro benzene ring substituents is 1. The molecule has 1 aliphatic carbocycles. The molecule has 7 heteroatoms. The fraction of sp³-hybridized carbons (Fsp3) is 0.278. The molecule has 7 nitrogen and oxygen atoms in total. The van der Waals surface area contributed by atoms with E-state index in [2.05, 4.69) is 5.32 Å². The predicted octanol–water partition coefficient (Wildman–Crippen LogP) is 2.94. The van der Waals surface area contributed by atoms with Crippen molar-refractivity contribution in [1.29, 1.82) is 0 Å². The molecule has 0 aromatic heterocycles. The Morgan fingerprint density at radius 3 is 2.44 bits per heavy atom. The second-order valence-electron chi connectivity index (χ2n) is 5.69. The fourth-order valence-electron chi connectivity index (χ4n) is 2.24. The predicted molar refractivity (Wildman–Crippen MR) is 91.0 cm³/mol. The number of hydrogen-bond acceptors (Lipinski definition) is 5. The first kappa shape index (κ1) is 16.8. The third-order valence-electron chi connectivity index (χ3n) is 3.70. The van der Waals surface area contributed by atoms with Gasteiger partial charge >= 0.3 is 5.69 Å². The van der Waals surface area contributed by atoms with E-state index < -0.39 is 4.92 Å². The summed E-state index contributed by atoms with van der Waals surface area (Å²) in [6.45, 7) is 0.411. The second kappa shape index (κ2) is 7.65. The van der Waals surface area contributed by atoms with Crippen molar-refractivity contribution in [1.82, 2.24) is 5.32 Å². The van der Waals surface area contributed by atoms with Crippen molar-refractivity contribution in [2.24, 2.45) is 0 Å². The highest BCUT2D eigenvalue weighted by molar-refractivity contribution is 5.94. The van der Waals surface area contributed by atoms with Gasteiger partial charge in [-0.3, -0.25) is 14.9 Å². The van der Waals surface area contributed by atoms with Gasteiger partial charge < -0.3 is 14.8 Å². The Kier molecular flexibility index (Phi) is 5.13. The molecule has 1 amide bonds. The molecule has 1 saturated carbocycles. The van der Waals surface area contributed by atoms with E-state index in [1.165, 1.54) is 6.07 Å². The van der Waals surface area contributed by atoms with Crippen LogP contribution in [0.15, 0.2) is 48.5 Å². The number of hydrogen-bond donors (Lipinski definition) is 1. The molecule has 0 saturated heterocycles. The fourth-order valence-corrected chi connectivity index (χ4v) is 2.24. The van der Waals surface area contributed by atoms with Gasteiger partial charge in [0, 0.05) is 17.7 Å². The number of para-hydroxylation sites is 2. The van der Waals surface area contributed by atoms with Crippen molar-refractivity contribution in [3.8, 4) is 11.5 Å². The number of nitro groups is 1. The highest BCUT2D eigenvalue weighted by Crippen LogP contribution is 2.25. The number of carbonyl (C=O) groups is 1. The average molecular weight is 342 g/mol. The number of carbonyl (C=O) groups excluding carboxylic acids is 1. The van der Waals surface area contributed by atoms with Gasteiger partial charge in [-0.2, -0.15) is 0 Å². The van der Waals surface area contributed by atoms with E-state index in [0.717, 1.165) is 12.8 Å². The van der Waals surface area contributed by atoms with Gasteiger partial charge in [0.05, 0.1) is 4.92 Å². The SMILES string of the molecule is O=C(NC1CC1)c1ccc(OCCOc2ccccc2[N+](=O)[O-])cc1. The normalized spacial score (nSPS) is 13.1. The van der Waals surface area contributed by atoms with Crippen LogP contribution < -0.4 is 14.8 Å². The Balaban J connectivity index is 1.46. The van der Waals surface area contributed by atoms with Crippen LogP contribution in [-0.2, 0) is 0 Å². The van der Waals surface area contributed by atoms with Gasteiger partial charge in [-0.05, 0) is 43.2 Å². The van der Waals surface area contributed by atoms with Crippen LogP contribution in [0.3, 0.4) is 0 Å². The minimum Gasteiger partial charge on any atom is -0.490 e. The Hall–Kier alpha value is -3.09. The number of nitrogens with zero attached hydrogens (tertiary/aromatic N) is 1. The molecule has 0 atom stereocenters. The Labute approximate surface area is 144 Å². The lowest BCUT2D eigenvalue weighted by atomic mass is 10.2. The molecule has 0 spiro atoms. The van der Waals surface area contributed by atoms with Crippen molar-refractivity contribution in [2.75, 3.05) is 13.2 Å². The van der Waals surface area contributed by atoms with Gasteiger partial charge in [0.25, 0.3) is 5.91 Å². The molecule has 0 bridgehead atoms. The summed E-state index contributed by atoms with van der Waals surface area (Å²) < 4.78 is 10.9. The Bertz CT molecular complexity index is 756. The van der Waals surface area contributed by atoms with Gasteiger partial charge in [-0.15, -0.1) is 0 Å². The lowest BCUT2D eigenvalue weighted by molar-refractivity contribution is -0.385. The van der Waals surface area contributed by atoms with Crippen LogP contribution in [0.2, 0.25) is 0 Å². The summed E-state index contributed by atoms with van der Waals surface area (Å²) in [5.74, 6) is 0.742. The summed E-state index contributed by atoms with van der Waals surface area (Å²) in [5.41, 5.74) is 0.518. The van der Waals surface area contributed by atoms with Crippen LogP contribution in [0.25, 0.3) is 0 Å². The molecule has 0 heterocycles. The van der Waals surface area contributed by atoms with Crippen molar-refractivity contribution in [3.05, 3.63) is 64.2 Å². The maximum absolute atomic E-state index is 11.9. The first-order chi connectivity index (χ1) is 12.1. The molecule has 0 radical (unpaired) electrons. The lowest BCUT2D eigenvalue weighted by Gasteiger charge is -2.09. The number of benzene rings is 2. The van der Waals surface area contributed by atoms with E-state index in [1.54, 1.807) is 42.5 Å². The van der Waals surface area contributed by atoms with Crippen LogP contribution in [0.5, 0.6) is 11.5 Å². The highest BCUT2D eigenvalue weighted by Gasteiger charge is 2.23. The molecule has 3 rings (SSSR count). The molecule has 0 unspecified atom stereocenters. The van der Waals surface area contributed by atoms with E-state index in [-0.39, 0.29) is 30.6 Å². The molecule has 1 N–H and O–H groups in total. The van der Waals surface area contributed by atoms with Crippen LogP contribution >= 0.6 is 0 Å². The quantitative estimate of drug-likeness (QED) is 0.452. The largest absolute Gasteiger partial charge is 0.490 e. The summed E-state index contributed by atoms with van der Waals surface area (Å²) in [6.07, 6.45) is 2.10. The first-order valence-corrected chi connectivity index (χ1v) is 8.03. The zero-order chi connectivity index (χ0) is 17.6. The smallest absolute Gasteiger partial charge is 0.310 e. The topological polar surface area (TPSA) is 90.7 Å². The van der Waals surface area contributed by atoms with Crippen LogP contribution in [0.1, 0.15) is 23.2 Å². The summed E-state index contributed by atoms with van der Waals surface area (Å²) >= 11 is 0. The highest BCUT2D eigenvalue weighted by atomic mass is 16.6. The number of nitrogens with one attached hydrogen (secondary N) is 1. The zero-order valence-corrected chi connectivity index (χ0v) is 13.5. The molecule has 1 fully saturated rings. The number of ether oxygens (including phenoxy) is 2. The molecular weight excluding hydrogens is 324 g/mol. The minimum absolute atomic E-state index is 0.0752. The summed E-state index contributed by atoms with van der Waals surface area (Å²) in [7, 11) is 0. The van der Waals surface area contributed by atoms with Crippen LogP contribution in [-0.4, -0.2) is 30.1 Å². The molecule has 2 aromatic rings. The molecule has 0 aliphatic heterocycles. The monoisotopic (exact) mass is 342 g/mol. The third-order valence-corrected chi connectivity index (χ3v) is 3.70. The Morgan fingerprint density at radius 2 is 1.76 bits per heavy atom. The van der Waals surface area contributed by atoms with E-state index in [1.807, 2.05) is 0 Å². The zero-order valence-electron chi connectivity index (χ0n) is 13.5. The van der Waals surface area contributed by atoms with Gasteiger partial charge in [-0.1, -0.05) is 12.1 Å². The maximum Gasteiger partial charge on any atom is 0.310 e. The van der Waals surface area contributed by atoms with Crippen LogP contribution in [0.4, 0.5) is 5.69 Å². The molecule has 1 aliphatic rings. The van der Waals surface area contributed by atoms with Gasteiger partial charge in [0.15, 0.2) is 5.75 Å². The number of rotatable bonds is 8. The lowest BCUT2D eigenvalue weighted by Crippen LogP contribution is -2.25. The van der Waals surface area contributed by atoms with E-state index in [4.69, 9.17) is 9.47 Å². The standard InChI is InChI=1S/C18H18N2O5/c21-18(19-14-7-8-14)13-5-9-15(10-6-13)24-11-12-25-17-4-2-1-3-16(17)20(22)23/h1-6,9-10,14H,7-8,11-12H2,(H,19,21). The summed E-state index contributed by atoms with van der Waals surface area (Å²) in [4.78, 5) is 22.3. The second-order valence-corrected chi connectivity index (χ2v) is 5.69. The van der Waals surface area contributed by atoms with E-state index >= 15 is 0 Å². The van der Waals surface area contributed by atoms with Crippen LogP contribution in [0, 0.1) is 10.1 Å². The average Bonchev–Trinajstić information content (AvgIpc) is 3.43. The number of amides is 1. The van der Waals surface area contributed by atoms with Crippen molar-refractivity contribution in [3.63, 3.8) is 0 Å². The molecule has 25 heavy (non-hydrogen) atoms. The first-order valence-electron chi connectivity index (χ1n) is 8.03. The van der Waals surface area contributed by atoms with Crippen molar-refractivity contribution < 1.29 is 19.2 Å². The Morgan fingerprint density at radius 1 is 1.08 bits per heavy atom. The molecular formula is C18H18N2O5. The summed E-state index contributed by atoms with van der Waals surface area (Å²) in [5, 5.41) is 13.8. The van der Waals surface area contributed by atoms with Crippen molar-refractivity contribution in [2.45, 2.75) is 18.9 Å². The maximum atomic E-state index is 11.9. The molecule has 130 valence electrons. The van der Waals surface area contributed by atoms with E-state index in [0.29, 0.717) is 17.4 Å². The van der Waals surface area contributed by atoms with Gasteiger partial charge in [0.2, 0.25) is 0 Å². The van der Waals surface area contributed by atoms with Gasteiger partial charge in [0.1, 0.15) is 19.0 Å². The molecule has 2 aromatic carbocycles. The van der Waals surface area contributed by atoms with Gasteiger partial charge in [-0.25, -0.2) is 0 Å². The summed E-state index contributed by atoms with van der Waals surface area (Å²) in [6, 6.07) is 13.4. The van der Waals surface area contributed by atoms with E-state index in [9.17, 15) is 14.9 Å². The minimum atomic E-state index is -0.485.